The van der Waals surface area contributed by atoms with Gasteiger partial charge in [0.1, 0.15) is 13.2 Å². The molecule has 0 spiro atoms. The third kappa shape index (κ3) is 57.3. The van der Waals surface area contributed by atoms with Crippen LogP contribution < -0.4 is 0 Å². The number of carbonyl (C=O) groups is 3. The van der Waals surface area contributed by atoms with Crippen LogP contribution in [0.4, 0.5) is 0 Å². The van der Waals surface area contributed by atoms with Crippen molar-refractivity contribution in [1.82, 2.24) is 0 Å². The summed E-state index contributed by atoms with van der Waals surface area (Å²) in [5.74, 6) is 1.70. The average molecular weight is 990 g/mol. The molecule has 0 saturated heterocycles. The van der Waals surface area contributed by atoms with Gasteiger partial charge < -0.3 is 14.2 Å². The number of rotatable bonds is 57. The van der Waals surface area contributed by atoms with Crippen molar-refractivity contribution >= 4 is 17.9 Å². The summed E-state index contributed by atoms with van der Waals surface area (Å²) in [6, 6.07) is 0. The maximum atomic E-state index is 12.9. The summed E-state index contributed by atoms with van der Waals surface area (Å²) in [6.45, 7) is 13.8. The summed E-state index contributed by atoms with van der Waals surface area (Å²) in [7, 11) is 0. The zero-order valence-electron chi connectivity index (χ0n) is 48.3. The highest BCUT2D eigenvalue weighted by Crippen LogP contribution is 2.19. The van der Waals surface area contributed by atoms with Gasteiger partial charge in [-0.3, -0.25) is 14.4 Å². The molecular weight excluding hydrogens is 865 g/mol. The fourth-order valence-corrected chi connectivity index (χ4v) is 9.88. The molecule has 0 rings (SSSR count). The number of hydrogen-bond acceptors (Lipinski definition) is 6. The first kappa shape index (κ1) is 68.4. The first-order chi connectivity index (χ1) is 34.1. The summed E-state index contributed by atoms with van der Waals surface area (Å²) < 4.78 is 17.0. The summed E-state index contributed by atoms with van der Waals surface area (Å²) in [5.41, 5.74) is 0. The van der Waals surface area contributed by atoms with Crippen molar-refractivity contribution < 1.29 is 28.6 Å². The number of unbranched alkanes of at least 4 members (excludes halogenated alkanes) is 40. The van der Waals surface area contributed by atoms with Crippen LogP contribution in [0.15, 0.2) is 0 Å². The predicted molar refractivity (Wildman–Crippen MR) is 303 cm³/mol. The lowest BCUT2D eigenvalue weighted by Crippen LogP contribution is -2.30. The van der Waals surface area contributed by atoms with Gasteiger partial charge in [-0.05, 0) is 37.0 Å². The Kier molecular flexibility index (Phi) is 53.9. The highest BCUT2D eigenvalue weighted by atomic mass is 16.6. The highest BCUT2D eigenvalue weighted by Gasteiger charge is 2.19. The first-order valence-electron chi connectivity index (χ1n) is 31.6. The molecule has 6 nitrogen and oxygen atoms in total. The SMILES string of the molecule is CC(C)CCCCCCCCCCCCCCCCCCC(=O)O[C@@H](COC(=O)CCCCCCCCCCCCCCCCCC(C)C)COC(=O)CCCCCCCCCCCCCCC(C)C. The lowest BCUT2D eigenvalue weighted by atomic mass is 10.0. The minimum atomic E-state index is -0.764. The van der Waals surface area contributed by atoms with Crippen LogP contribution >= 0.6 is 0 Å². The normalized spacial score (nSPS) is 12.1. The highest BCUT2D eigenvalue weighted by molar-refractivity contribution is 5.71. The van der Waals surface area contributed by atoms with E-state index in [0.717, 1.165) is 75.5 Å². The van der Waals surface area contributed by atoms with Gasteiger partial charge in [0, 0.05) is 19.3 Å². The number of esters is 3. The fourth-order valence-electron chi connectivity index (χ4n) is 9.88. The van der Waals surface area contributed by atoms with Gasteiger partial charge in [-0.15, -0.1) is 0 Å². The Balaban J connectivity index is 4.29. The third-order valence-corrected chi connectivity index (χ3v) is 14.6. The second kappa shape index (κ2) is 55.2. The average Bonchev–Trinajstić information content (AvgIpc) is 3.32. The Labute approximate surface area is 438 Å². The minimum Gasteiger partial charge on any atom is -0.462 e. The van der Waals surface area contributed by atoms with Gasteiger partial charge in [0.2, 0.25) is 0 Å². The molecule has 0 aromatic rings. The Bertz CT molecular complexity index is 1090. The topological polar surface area (TPSA) is 78.9 Å². The van der Waals surface area contributed by atoms with E-state index in [-0.39, 0.29) is 31.1 Å². The largest absolute Gasteiger partial charge is 0.462 e. The van der Waals surface area contributed by atoms with Gasteiger partial charge in [0.25, 0.3) is 0 Å². The molecule has 0 aliphatic carbocycles. The monoisotopic (exact) mass is 989 g/mol. The molecule has 70 heavy (non-hydrogen) atoms. The molecule has 0 N–H and O–H groups in total. The summed E-state index contributed by atoms with van der Waals surface area (Å²) in [5, 5.41) is 0. The maximum absolute atomic E-state index is 12.9. The standard InChI is InChI=1S/C64H124O6/c1-58(2)50-44-38-32-26-20-14-10-7-8-12-17-25-31-37-43-49-55-64(67)70-61(57-69-63(66)54-48-42-36-30-24-19-18-22-28-34-40-46-52-60(5)6)56-68-62(65)53-47-41-35-29-23-16-13-9-11-15-21-27-33-39-45-51-59(3)4/h58-61H,7-57H2,1-6H3/t61-/m0/s1. The van der Waals surface area contributed by atoms with Crippen molar-refractivity contribution in [3.63, 3.8) is 0 Å². The van der Waals surface area contributed by atoms with Gasteiger partial charge in [-0.25, -0.2) is 0 Å². The molecular formula is C64H124O6. The molecule has 0 bridgehead atoms. The summed E-state index contributed by atoms with van der Waals surface area (Å²) >= 11 is 0. The molecule has 0 fully saturated rings. The van der Waals surface area contributed by atoms with Crippen LogP contribution in [-0.4, -0.2) is 37.2 Å². The summed E-state index contributed by atoms with van der Waals surface area (Å²) in [6.07, 6.45) is 59.6. The van der Waals surface area contributed by atoms with E-state index < -0.39 is 6.10 Å². The second-order valence-electron chi connectivity index (χ2n) is 23.5. The molecule has 1 atom stereocenters. The van der Waals surface area contributed by atoms with Gasteiger partial charge in [-0.1, -0.05) is 318 Å². The lowest BCUT2D eigenvalue weighted by Gasteiger charge is -2.18. The van der Waals surface area contributed by atoms with E-state index in [0.29, 0.717) is 19.3 Å². The van der Waals surface area contributed by atoms with Crippen molar-refractivity contribution in [2.45, 2.75) is 362 Å². The van der Waals surface area contributed by atoms with E-state index in [1.54, 1.807) is 0 Å². The van der Waals surface area contributed by atoms with E-state index in [9.17, 15) is 14.4 Å². The zero-order chi connectivity index (χ0) is 51.2. The number of ether oxygens (including phenoxy) is 3. The summed E-state index contributed by atoms with van der Waals surface area (Å²) in [4.78, 5) is 38.3. The molecule has 0 aromatic heterocycles. The molecule has 0 aliphatic rings. The number of carbonyl (C=O) groups excluding carboxylic acids is 3. The second-order valence-corrected chi connectivity index (χ2v) is 23.5. The van der Waals surface area contributed by atoms with Crippen LogP contribution in [0.3, 0.4) is 0 Å². The molecule has 416 valence electrons. The minimum absolute atomic E-state index is 0.0626. The fraction of sp³-hybridized carbons (Fsp3) is 0.953. The Morgan fingerprint density at radius 3 is 0.614 bits per heavy atom. The van der Waals surface area contributed by atoms with Gasteiger partial charge in [-0.2, -0.15) is 0 Å². The van der Waals surface area contributed by atoms with Gasteiger partial charge >= 0.3 is 17.9 Å². The van der Waals surface area contributed by atoms with E-state index in [2.05, 4.69) is 41.5 Å². The van der Waals surface area contributed by atoms with E-state index in [1.165, 1.54) is 238 Å². The van der Waals surface area contributed by atoms with Crippen molar-refractivity contribution in [3.05, 3.63) is 0 Å². The van der Waals surface area contributed by atoms with Crippen molar-refractivity contribution in [3.8, 4) is 0 Å². The lowest BCUT2D eigenvalue weighted by molar-refractivity contribution is -0.167. The van der Waals surface area contributed by atoms with Crippen molar-refractivity contribution in [1.29, 1.82) is 0 Å². The molecule has 6 heteroatoms. The smallest absolute Gasteiger partial charge is 0.306 e. The molecule has 0 unspecified atom stereocenters. The molecule has 0 radical (unpaired) electrons. The van der Waals surface area contributed by atoms with Crippen molar-refractivity contribution in [2.24, 2.45) is 17.8 Å². The van der Waals surface area contributed by atoms with Gasteiger partial charge in [0.05, 0.1) is 0 Å². The first-order valence-corrected chi connectivity index (χ1v) is 31.6. The third-order valence-electron chi connectivity index (χ3n) is 14.6. The van der Waals surface area contributed by atoms with Crippen LogP contribution in [0.25, 0.3) is 0 Å². The zero-order valence-corrected chi connectivity index (χ0v) is 48.3. The van der Waals surface area contributed by atoms with Crippen LogP contribution in [0.1, 0.15) is 356 Å². The van der Waals surface area contributed by atoms with E-state index in [1.807, 2.05) is 0 Å². The molecule has 0 heterocycles. The number of hydrogen-bond donors (Lipinski definition) is 0. The van der Waals surface area contributed by atoms with Crippen LogP contribution in [-0.2, 0) is 28.6 Å². The Morgan fingerprint density at radius 2 is 0.414 bits per heavy atom. The maximum Gasteiger partial charge on any atom is 0.306 e. The van der Waals surface area contributed by atoms with Gasteiger partial charge in [0.15, 0.2) is 6.10 Å². The molecule has 0 aliphatic heterocycles. The van der Waals surface area contributed by atoms with Crippen molar-refractivity contribution in [2.75, 3.05) is 13.2 Å². The van der Waals surface area contributed by atoms with Crippen LogP contribution in [0.5, 0.6) is 0 Å². The van der Waals surface area contributed by atoms with Crippen LogP contribution in [0.2, 0.25) is 0 Å². The quantitative estimate of drug-likeness (QED) is 0.0343. The predicted octanol–water partition coefficient (Wildman–Crippen LogP) is 21.1. The van der Waals surface area contributed by atoms with Crippen LogP contribution in [0, 0.1) is 17.8 Å². The molecule has 0 saturated carbocycles. The van der Waals surface area contributed by atoms with E-state index in [4.69, 9.17) is 14.2 Å². The molecule has 0 aromatic carbocycles. The van der Waals surface area contributed by atoms with E-state index >= 15 is 0 Å². The molecule has 0 amide bonds. The Hall–Kier alpha value is -1.59. The Morgan fingerprint density at radius 1 is 0.243 bits per heavy atom.